The topological polar surface area (TPSA) is 58.6 Å². The summed E-state index contributed by atoms with van der Waals surface area (Å²) in [6.07, 6.45) is 1.23. The predicted octanol–water partition coefficient (Wildman–Crippen LogP) is 4.33. The van der Waals surface area contributed by atoms with Crippen LogP contribution in [0.4, 0.5) is 10.5 Å². The molecule has 1 fully saturated rings. The third kappa shape index (κ3) is 4.99. The second-order valence-corrected chi connectivity index (χ2v) is 6.73. The van der Waals surface area contributed by atoms with E-state index in [1.165, 1.54) is 0 Å². The van der Waals surface area contributed by atoms with Crippen LogP contribution in [0.5, 0.6) is 0 Å². The maximum absolute atomic E-state index is 12.3. The predicted molar refractivity (Wildman–Crippen MR) is 101 cm³/mol. The van der Waals surface area contributed by atoms with E-state index in [2.05, 4.69) is 5.32 Å². The molecule has 0 aromatic heterocycles. The number of ether oxygens (including phenoxy) is 1. The molecule has 3 rings (SSSR count). The number of piperidine rings is 1. The van der Waals surface area contributed by atoms with E-state index < -0.39 is 0 Å². The lowest BCUT2D eigenvalue weighted by molar-refractivity contribution is -0.151. The summed E-state index contributed by atoms with van der Waals surface area (Å²) in [6, 6.07) is 16.4. The summed E-state index contributed by atoms with van der Waals surface area (Å²) in [5.41, 5.74) is 1.67. The molecule has 2 aromatic carbocycles. The summed E-state index contributed by atoms with van der Waals surface area (Å²) >= 11 is 5.84. The lowest BCUT2D eigenvalue weighted by Crippen LogP contribution is -2.42. The lowest BCUT2D eigenvalue weighted by atomic mass is 9.97. The number of amides is 2. The van der Waals surface area contributed by atoms with E-state index in [4.69, 9.17) is 16.3 Å². The van der Waals surface area contributed by atoms with E-state index in [0.717, 1.165) is 11.3 Å². The first-order valence-corrected chi connectivity index (χ1v) is 9.01. The summed E-state index contributed by atoms with van der Waals surface area (Å²) in [5, 5.41) is 3.52. The molecule has 26 heavy (non-hydrogen) atoms. The molecule has 136 valence electrons. The minimum Gasteiger partial charge on any atom is -0.461 e. The maximum atomic E-state index is 12.3. The Bertz CT molecular complexity index is 741. The standard InChI is InChI=1S/C20H21ClN2O3/c21-17-8-6-15(7-9-17)14-26-19(24)16-10-12-23(13-11-16)20(25)22-18-4-2-1-3-5-18/h1-9,16H,10-14H2,(H,22,25). The van der Waals surface area contributed by atoms with Gasteiger partial charge in [0.2, 0.25) is 0 Å². The van der Waals surface area contributed by atoms with Crippen LogP contribution in [-0.2, 0) is 16.1 Å². The van der Waals surface area contributed by atoms with Gasteiger partial charge in [0.1, 0.15) is 6.61 Å². The van der Waals surface area contributed by atoms with Crippen LogP contribution in [0.15, 0.2) is 54.6 Å². The number of halogens is 1. The molecule has 0 unspecified atom stereocenters. The van der Waals surface area contributed by atoms with Crippen molar-refractivity contribution in [3.8, 4) is 0 Å². The highest BCUT2D eigenvalue weighted by Gasteiger charge is 2.28. The maximum Gasteiger partial charge on any atom is 0.321 e. The summed E-state index contributed by atoms with van der Waals surface area (Å²) in [7, 11) is 0. The Morgan fingerprint density at radius 2 is 1.69 bits per heavy atom. The molecule has 5 nitrogen and oxygen atoms in total. The summed E-state index contributed by atoms with van der Waals surface area (Å²) in [4.78, 5) is 26.2. The van der Waals surface area contributed by atoms with Gasteiger partial charge in [0.05, 0.1) is 5.92 Å². The molecule has 1 saturated heterocycles. The van der Waals surface area contributed by atoms with Crippen molar-refractivity contribution in [3.05, 3.63) is 65.2 Å². The molecule has 2 amide bonds. The van der Waals surface area contributed by atoms with Gasteiger partial charge in [-0.25, -0.2) is 4.79 Å². The van der Waals surface area contributed by atoms with Crippen molar-refractivity contribution in [3.63, 3.8) is 0 Å². The first-order chi connectivity index (χ1) is 12.6. The molecular formula is C20H21ClN2O3. The molecule has 0 atom stereocenters. The Morgan fingerprint density at radius 3 is 2.35 bits per heavy atom. The summed E-state index contributed by atoms with van der Waals surface area (Å²) in [6.45, 7) is 1.32. The van der Waals surface area contributed by atoms with E-state index in [0.29, 0.717) is 31.0 Å². The number of urea groups is 1. The van der Waals surface area contributed by atoms with Gasteiger partial charge in [0, 0.05) is 23.8 Å². The van der Waals surface area contributed by atoms with Crippen LogP contribution >= 0.6 is 11.6 Å². The molecule has 0 bridgehead atoms. The fourth-order valence-electron chi connectivity index (χ4n) is 2.90. The van der Waals surface area contributed by atoms with Crippen molar-refractivity contribution in [2.24, 2.45) is 5.92 Å². The zero-order chi connectivity index (χ0) is 18.4. The van der Waals surface area contributed by atoms with Crippen LogP contribution in [0, 0.1) is 5.92 Å². The molecule has 6 heteroatoms. The number of esters is 1. The molecule has 1 aliphatic heterocycles. The van der Waals surface area contributed by atoms with Crippen molar-refractivity contribution in [1.82, 2.24) is 4.90 Å². The molecule has 0 spiro atoms. The highest BCUT2D eigenvalue weighted by Crippen LogP contribution is 2.20. The number of nitrogens with zero attached hydrogens (tertiary/aromatic N) is 1. The van der Waals surface area contributed by atoms with Crippen LogP contribution in [-0.4, -0.2) is 30.0 Å². The largest absolute Gasteiger partial charge is 0.461 e. The third-order valence-electron chi connectivity index (χ3n) is 4.43. The van der Waals surface area contributed by atoms with E-state index in [1.54, 1.807) is 17.0 Å². The van der Waals surface area contributed by atoms with Crippen molar-refractivity contribution >= 4 is 29.3 Å². The van der Waals surface area contributed by atoms with Gasteiger partial charge < -0.3 is 15.0 Å². The van der Waals surface area contributed by atoms with Crippen molar-refractivity contribution in [2.75, 3.05) is 18.4 Å². The molecule has 1 heterocycles. The van der Waals surface area contributed by atoms with E-state index >= 15 is 0 Å². The fourth-order valence-corrected chi connectivity index (χ4v) is 3.02. The third-order valence-corrected chi connectivity index (χ3v) is 4.69. The van der Waals surface area contributed by atoms with Crippen LogP contribution in [0.1, 0.15) is 18.4 Å². The van der Waals surface area contributed by atoms with Crippen LogP contribution in [0.25, 0.3) is 0 Å². The number of rotatable bonds is 4. The highest BCUT2D eigenvalue weighted by molar-refractivity contribution is 6.30. The molecule has 1 aliphatic rings. The Labute approximate surface area is 157 Å². The highest BCUT2D eigenvalue weighted by atomic mass is 35.5. The van der Waals surface area contributed by atoms with Crippen molar-refractivity contribution in [2.45, 2.75) is 19.4 Å². The van der Waals surface area contributed by atoms with Gasteiger partial charge in [0.25, 0.3) is 0 Å². The molecule has 0 saturated carbocycles. The van der Waals surface area contributed by atoms with Crippen LogP contribution in [0.3, 0.4) is 0 Å². The minimum absolute atomic E-state index is 0.135. The quantitative estimate of drug-likeness (QED) is 0.813. The second-order valence-electron chi connectivity index (χ2n) is 6.29. The van der Waals surface area contributed by atoms with Gasteiger partial charge in [-0.1, -0.05) is 41.9 Å². The smallest absolute Gasteiger partial charge is 0.321 e. The number of likely N-dealkylation sites (tertiary alicyclic amines) is 1. The Kier molecular flexibility index (Phi) is 6.12. The number of carbonyl (C=O) groups excluding carboxylic acids is 2. The SMILES string of the molecule is O=C(OCc1ccc(Cl)cc1)C1CCN(C(=O)Nc2ccccc2)CC1. The van der Waals surface area contributed by atoms with Gasteiger partial charge in [-0.05, 0) is 42.7 Å². The molecular weight excluding hydrogens is 352 g/mol. The summed E-state index contributed by atoms with van der Waals surface area (Å²) < 4.78 is 5.40. The number of nitrogens with one attached hydrogen (secondary N) is 1. The molecule has 1 N–H and O–H groups in total. The van der Waals surface area contributed by atoms with Gasteiger partial charge in [-0.2, -0.15) is 0 Å². The average Bonchev–Trinajstić information content (AvgIpc) is 2.68. The zero-order valence-electron chi connectivity index (χ0n) is 14.4. The number of anilines is 1. The second kappa shape index (κ2) is 8.72. The van der Waals surface area contributed by atoms with Crippen LogP contribution in [0.2, 0.25) is 5.02 Å². The number of hydrogen-bond acceptors (Lipinski definition) is 3. The number of hydrogen-bond donors (Lipinski definition) is 1. The monoisotopic (exact) mass is 372 g/mol. The van der Waals surface area contributed by atoms with Crippen molar-refractivity contribution in [1.29, 1.82) is 0 Å². The van der Waals surface area contributed by atoms with E-state index in [1.807, 2.05) is 42.5 Å². The van der Waals surface area contributed by atoms with Gasteiger partial charge in [-0.15, -0.1) is 0 Å². The van der Waals surface area contributed by atoms with Gasteiger partial charge in [0.15, 0.2) is 0 Å². The summed E-state index contributed by atoms with van der Waals surface area (Å²) in [5.74, 6) is -0.369. The normalized spacial score (nSPS) is 14.7. The average molecular weight is 373 g/mol. The fraction of sp³-hybridized carbons (Fsp3) is 0.300. The van der Waals surface area contributed by atoms with E-state index in [-0.39, 0.29) is 24.5 Å². The first kappa shape index (κ1) is 18.3. The zero-order valence-corrected chi connectivity index (χ0v) is 15.1. The van der Waals surface area contributed by atoms with Crippen molar-refractivity contribution < 1.29 is 14.3 Å². The number of benzene rings is 2. The number of carbonyl (C=O) groups is 2. The Balaban J connectivity index is 1.43. The van der Waals surface area contributed by atoms with E-state index in [9.17, 15) is 9.59 Å². The molecule has 0 aliphatic carbocycles. The number of para-hydroxylation sites is 1. The van der Waals surface area contributed by atoms with Gasteiger partial charge >= 0.3 is 12.0 Å². The molecule has 2 aromatic rings. The first-order valence-electron chi connectivity index (χ1n) is 8.64. The lowest BCUT2D eigenvalue weighted by Gasteiger charge is -2.31. The van der Waals surface area contributed by atoms with Gasteiger partial charge in [-0.3, -0.25) is 4.79 Å². The van der Waals surface area contributed by atoms with Crippen LogP contribution < -0.4 is 5.32 Å². The molecule has 0 radical (unpaired) electrons. The Hall–Kier alpha value is -2.53. The Morgan fingerprint density at radius 1 is 1.04 bits per heavy atom. The minimum atomic E-state index is -0.205.